The van der Waals surface area contributed by atoms with Crippen LogP contribution in [0, 0.1) is 6.92 Å². The number of aryl methyl sites for hydroxylation is 1. The summed E-state index contributed by atoms with van der Waals surface area (Å²) in [5.41, 5.74) is 2.20. The second kappa shape index (κ2) is 7.94. The number of thiophene rings is 1. The molecule has 6 nitrogen and oxygen atoms in total. The summed E-state index contributed by atoms with van der Waals surface area (Å²) in [7, 11) is -3.39. The SMILES string of the molecule is Cc1cccc(CNC2=NCCNC23CCN(S(=O)(=O)c2cccs2)CC3)c1. The van der Waals surface area contributed by atoms with Crippen molar-refractivity contribution in [1.82, 2.24) is 14.9 Å². The molecule has 8 heteroatoms. The molecule has 150 valence electrons. The summed E-state index contributed by atoms with van der Waals surface area (Å²) >= 11 is 1.28. The average Bonchev–Trinajstić information content (AvgIpc) is 3.24. The molecule has 2 N–H and O–H groups in total. The zero-order chi connectivity index (χ0) is 19.6. The van der Waals surface area contributed by atoms with Crippen LogP contribution in [0.3, 0.4) is 0 Å². The van der Waals surface area contributed by atoms with Gasteiger partial charge in [-0.3, -0.25) is 4.99 Å². The number of nitrogens with zero attached hydrogens (tertiary/aromatic N) is 2. The molecule has 0 radical (unpaired) electrons. The third-order valence-corrected chi connectivity index (χ3v) is 8.78. The molecule has 0 amide bonds. The minimum Gasteiger partial charge on any atom is -0.368 e. The first-order chi connectivity index (χ1) is 13.5. The Kier molecular flexibility index (Phi) is 5.55. The van der Waals surface area contributed by atoms with E-state index in [0.717, 1.165) is 38.3 Å². The van der Waals surface area contributed by atoms with E-state index >= 15 is 0 Å². The lowest BCUT2D eigenvalue weighted by molar-refractivity contribution is 0.241. The van der Waals surface area contributed by atoms with Gasteiger partial charge in [0.25, 0.3) is 10.0 Å². The maximum Gasteiger partial charge on any atom is 0.252 e. The molecule has 3 heterocycles. The molecule has 0 atom stereocenters. The van der Waals surface area contributed by atoms with E-state index in [2.05, 4.69) is 41.8 Å². The van der Waals surface area contributed by atoms with Crippen molar-refractivity contribution in [2.45, 2.75) is 36.1 Å². The van der Waals surface area contributed by atoms with E-state index in [1.807, 2.05) is 0 Å². The molecule has 1 saturated heterocycles. The molecule has 1 aromatic carbocycles. The van der Waals surface area contributed by atoms with Crippen molar-refractivity contribution in [1.29, 1.82) is 0 Å². The molecule has 0 unspecified atom stereocenters. The number of benzene rings is 1. The van der Waals surface area contributed by atoms with Gasteiger partial charge in [-0.05, 0) is 36.8 Å². The van der Waals surface area contributed by atoms with Crippen LogP contribution in [-0.4, -0.2) is 50.3 Å². The first kappa shape index (κ1) is 19.6. The fourth-order valence-electron chi connectivity index (χ4n) is 3.99. The van der Waals surface area contributed by atoms with Crippen LogP contribution >= 0.6 is 11.3 Å². The Morgan fingerprint density at radius 2 is 2.07 bits per heavy atom. The van der Waals surface area contributed by atoms with Crippen molar-refractivity contribution in [3.8, 4) is 0 Å². The quantitative estimate of drug-likeness (QED) is 0.800. The molecular formula is C20H26N4O2S2. The highest BCUT2D eigenvalue weighted by molar-refractivity contribution is 7.91. The highest BCUT2D eigenvalue weighted by Crippen LogP contribution is 2.30. The van der Waals surface area contributed by atoms with Crippen molar-refractivity contribution < 1.29 is 8.42 Å². The zero-order valence-corrected chi connectivity index (χ0v) is 17.7. The second-order valence-corrected chi connectivity index (χ2v) is 10.5. The predicted molar refractivity (Wildman–Crippen MR) is 113 cm³/mol. The van der Waals surface area contributed by atoms with Gasteiger partial charge < -0.3 is 10.6 Å². The summed E-state index contributed by atoms with van der Waals surface area (Å²) in [6, 6.07) is 11.9. The van der Waals surface area contributed by atoms with Gasteiger partial charge in [0.05, 0.1) is 12.1 Å². The van der Waals surface area contributed by atoms with Gasteiger partial charge in [0.2, 0.25) is 0 Å². The summed E-state index contributed by atoms with van der Waals surface area (Å²) in [6.07, 6.45) is 1.44. The Balaban J connectivity index is 1.45. The van der Waals surface area contributed by atoms with Gasteiger partial charge in [-0.1, -0.05) is 35.9 Å². The van der Waals surface area contributed by atoms with E-state index < -0.39 is 10.0 Å². The molecule has 1 aromatic heterocycles. The monoisotopic (exact) mass is 418 g/mol. The van der Waals surface area contributed by atoms with Crippen LogP contribution in [0.4, 0.5) is 0 Å². The van der Waals surface area contributed by atoms with Crippen LogP contribution in [0.5, 0.6) is 0 Å². The van der Waals surface area contributed by atoms with Crippen LogP contribution in [0.2, 0.25) is 0 Å². The number of sulfonamides is 1. The second-order valence-electron chi connectivity index (χ2n) is 7.42. The number of nitrogens with one attached hydrogen (secondary N) is 2. The Labute approximate surface area is 170 Å². The van der Waals surface area contributed by atoms with Gasteiger partial charge in [-0.2, -0.15) is 4.31 Å². The van der Waals surface area contributed by atoms with Crippen molar-refractivity contribution in [3.05, 3.63) is 52.9 Å². The standard InChI is InChI=1S/C20H26N4O2S2/c1-16-4-2-5-17(14-16)15-22-19-20(23-10-9-21-19)7-11-24(12-8-20)28(25,26)18-6-3-13-27-18/h2-6,13-14,23H,7-12,15H2,1H3,(H,21,22). The number of rotatable bonds is 4. The number of hydrogen-bond acceptors (Lipinski definition) is 6. The molecular weight excluding hydrogens is 392 g/mol. The van der Waals surface area contributed by atoms with Crippen molar-refractivity contribution in [2.75, 3.05) is 26.2 Å². The Morgan fingerprint density at radius 3 is 2.79 bits per heavy atom. The fraction of sp³-hybridized carbons (Fsp3) is 0.450. The highest BCUT2D eigenvalue weighted by Gasteiger charge is 2.43. The third-order valence-electron chi connectivity index (χ3n) is 5.51. The van der Waals surface area contributed by atoms with Gasteiger partial charge in [-0.25, -0.2) is 8.42 Å². The lowest BCUT2D eigenvalue weighted by atomic mass is 9.85. The number of piperidine rings is 1. The van der Waals surface area contributed by atoms with Crippen LogP contribution in [0.1, 0.15) is 24.0 Å². The topological polar surface area (TPSA) is 73.8 Å². The summed E-state index contributed by atoms with van der Waals surface area (Å²) in [5.74, 6) is 0.966. The van der Waals surface area contributed by atoms with E-state index in [4.69, 9.17) is 4.99 Å². The molecule has 1 fully saturated rings. The molecule has 28 heavy (non-hydrogen) atoms. The van der Waals surface area contributed by atoms with Crippen molar-refractivity contribution >= 4 is 27.2 Å². The Morgan fingerprint density at radius 1 is 1.25 bits per heavy atom. The molecule has 2 aromatic rings. The van der Waals surface area contributed by atoms with Crippen molar-refractivity contribution in [2.24, 2.45) is 4.99 Å². The van der Waals surface area contributed by atoms with Crippen LogP contribution in [0.25, 0.3) is 0 Å². The molecule has 4 rings (SSSR count). The lowest BCUT2D eigenvalue weighted by Gasteiger charge is -2.44. The van der Waals surface area contributed by atoms with Crippen molar-refractivity contribution in [3.63, 3.8) is 0 Å². The number of hydrogen-bond donors (Lipinski definition) is 2. The van der Waals surface area contributed by atoms with Gasteiger partial charge in [-0.15, -0.1) is 11.3 Å². The lowest BCUT2D eigenvalue weighted by Crippen LogP contribution is -2.64. The van der Waals surface area contributed by atoms with Gasteiger partial charge in [0.15, 0.2) is 0 Å². The van der Waals surface area contributed by atoms with Gasteiger partial charge in [0, 0.05) is 26.2 Å². The number of aliphatic imine (C=N–C) groups is 1. The normalized spacial score (nSPS) is 20.1. The molecule has 1 spiro atoms. The summed E-state index contributed by atoms with van der Waals surface area (Å²) in [6.45, 7) is 5.38. The first-order valence-electron chi connectivity index (χ1n) is 9.63. The zero-order valence-electron chi connectivity index (χ0n) is 16.0. The van der Waals surface area contributed by atoms with Gasteiger partial charge >= 0.3 is 0 Å². The molecule has 2 aliphatic rings. The largest absolute Gasteiger partial charge is 0.368 e. The van der Waals surface area contributed by atoms with Crippen LogP contribution in [-0.2, 0) is 16.6 Å². The minimum absolute atomic E-state index is 0.260. The van der Waals surface area contributed by atoms with E-state index in [1.165, 1.54) is 22.5 Å². The summed E-state index contributed by atoms with van der Waals surface area (Å²) in [5, 5.41) is 8.96. The highest BCUT2D eigenvalue weighted by atomic mass is 32.2. The van der Waals surface area contributed by atoms with E-state index in [0.29, 0.717) is 17.3 Å². The molecule has 2 aliphatic heterocycles. The third kappa shape index (κ3) is 3.87. The molecule has 0 saturated carbocycles. The average molecular weight is 419 g/mol. The maximum atomic E-state index is 12.8. The smallest absolute Gasteiger partial charge is 0.252 e. The number of amidine groups is 1. The summed E-state index contributed by atoms with van der Waals surface area (Å²) < 4.78 is 27.7. The first-order valence-corrected chi connectivity index (χ1v) is 11.9. The van der Waals surface area contributed by atoms with Gasteiger partial charge in [0.1, 0.15) is 10.0 Å². The van der Waals surface area contributed by atoms with E-state index in [-0.39, 0.29) is 5.54 Å². The molecule has 0 aliphatic carbocycles. The summed E-state index contributed by atoms with van der Waals surface area (Å²) in [4.78, 5) is 4.76. The Hall–Kier alpha value is -1.74. The van der Waals surface area contributed by atoms with Crippen LogP contribution < -0.4 is 10.6 Å². The minimum atomic E-state index is -3.39. The van der Waals surface area contributed by atoms with E-state index in [9.17, 15) is 8.42 Å². The maximum absolute atomic E-state index is 12.8. The van der Waals surface area contributed by atoms with Crippen LogP contribution in [0.15, 0.2) is 51.0 Å². The predicted octanol–water partition coefficient (Wildman–Crippen LogP) is 2.37. The van der Waals surface area contributed by atoms with E-state index in [1.54, 1.807) is 21.8 Å². The fourth-order valence-corrected chi connectivity index (χ4v) is 6.58. The Bertz CT molecular complexity index is 946. The molecule has 0 bridgehead atoms.